The number of aliphatic carboxylic acids is 1. The van der Waals surface area contributed by atoms with E-state index in [0.717, 1.165) is 19.3 Å². The summed E-state index contributed by atoms with van der Waals surface area (Å²) in [6.07, 6.45) is 3.22. The monoisotopic (exact) mass is 231 g/mol. The molecule has 5 nitrogen and oxygen atoms in total. The van der Waals surface area contributed by atoms with E-state index in [4.69, 9.17) is 10.2 Å². The van der Waals surface area contributed by atoms with Gasteiger partial charge in [-0.1, -0.05) is 6.42 Å². The van der Waals surface area contributed by atoms with E-state index < -0.39 is 11.6 Å². The van der Waals surface area contributed by atoms with Crippen LogP contribution in [0.1, 0.15) is 26.2 Å². The van der Waals surface area contributed by atoms with E-state index in [1.807, 2.05) is 0 Å². The maximum absolute atomic E-state index is 10.6. The molecule has 5 heteroatoms. The average molecular weight is 231 g/mol. The van der Waals surface area contributed by atoms with E-state index in [-0.39, 0.29) is 13.2 Å². The normalized spacial score (nSPS) is 28.9. The number of rotatable bonds is 6. The van der Waals surface area contributed by atoms with Crippen LogP contribution in [0, 0.1) is 11.8 Å². The van der Waals surface area contributed by atoms with Crippen molar-refractivity contribution in [1.82, 2.24) is 5.32 Å². The van der Waals surface area contributed by atoms with Gasteiger partial charge in [-0.3, -0.25) is 0 Å². The Morgan fingerprint density at radius 3 is 2.62 bits per heavy atom. The van der Waals surface area contributed by atoms with Crippen LogP contribution in [0.3, 0.4) is 0 Å². The molecule has 0 heterocycles. The quantitative estimate of drug-likeness (QED) is 0.509. The van der Waals surface area contributed by atoms with Crippen molar-refractivity contribution in [2.24, 2.45) is 11.8 Å². The van der Waals surface area contributed by atoms with E-state index in [2.05, 4.69) is 5.32 Å². The molecule has 0 bridgehead atoms. The molecule has 0 aromatic heterocycles. The minimum atomic E-state index is -1.71. The third-order valence-corrected chi connectivity index (χ3v) is 3.39. The number of carboxylic acids is 1. The predicted molar refractivity (Wildman–Crippen MR) is 59.0 cm³/mol. The molecule has 1 fully saturated rings. The molecule has 4 N–H and O–H groups in total. The summed E-state index contributed by atoms with van der Waals surface area (Å²) in [7, 11) is 0. The molecule has 1 aliphatic rings. The Morgan fingerprint density at radius 1 is 1.44 bits per heavy atom. The molecule has 0 aromatic rings. The molecule has 0 saturated heterocycles. The maximum Gasteiger partial charge on any atom is 0.336 e. The van der Waals surface area contributed by atoms with Gasteiger partial charge in [-0.25, -0.2) is 4.79 Å². The van der Waals surface area contributed by atoms with Crippen LogP contribution in [-0.4, -0.2) is 46.6 Å². The Kier molecular flexibility index (Phi) is 4.70. The highest BCUT2D eigenvalue weighted by Crippen LogP contribution is 2.30. The second-order valence-corrected chi connectivity index (χ2v) is 4.84. The Balaban J connectivity index is 2.27. The molecule has 1 saturated carbocycles. The molecule has 0 amide bonds. The van der Waals surface area contributed by atoms with Crippen molar-refractivity contribution >= 4 is 5.97 Å². The summed E-state index contributed by atoms with van der Waals surface area (Å²) in [6.45, 7) is 2.17. The first kappa shape index (κ1) is 13.4. The summed E-state index contributed by atoms with van der Waals surface area (Å²) >= 11 is 0. The highest BCUT2D eigenvalue weighted by molar-refractivity contribution is 5.76. The van der Waals surface area contributed by atoms with Crippen LogP contribution in [0.2, 0.25) is 0 Å². The van der Waals surface area contributed by atoms with Crippen LogP contribution in [-0.2, 0) is 4.79 Å². The van der Waals surface area contributed by atoms with Crippen molar-refractivity contribution in [3.63, 3.8) is 0 Å². The van der Waals surface area contributed by atoms with Gasteiger partial charge in [0.1, 0.15) is 0 Å². The zero-order chi connectivity index (χ0) is 12.2. The Morgan fingerprint density at radius 2 is 2.06 bits per heavy atom. The highest BCUT2D eigenvalue weighted by atomic mass is 16.4. The molecular weight excluding hydrogens is 210 g/mol. The molecule has 16 heavy (non-hydrogen) atoms. The summed E-state index contributed by atoms with van der Waals surface area (Å²) < 4.78 is 0. The van der Waals surface area contributed by atoms with Crippen molar-refractivity contribution < 1.29 is 20.1 Å². The van der Waals surface area contributed by atoms with Gasteiger partial charge in [-0.2, -0.15) is 0 Å². The summed E-state index contributed by atoms with van der Waals surface area (Å²) in [5, 5.41) is 30.3. The molecule has 0 aromatic carbocycles. The summed E-state index contributed by atoms with van der Waals surface area (Å²) in [5.74, 6) is -0.498. The smallest absolute Gasteiger partial charge is 0.336 e. The number of hydrogen-bond acceptors (Lipinski definition) is 4. The number of aliphatic hydroxyl groups is 2. The molecule has 1 aliphatic carbocycles. The van der Waals surface area contributed by atoms with Crippen molar-refractivity contribution in [1.29, 1.82) is 0 Å². The molecule has 0 spiro atoms. The predicted octanol–water partition coefficient (Wildman–Crippen LogP) is -0.180. The molecule has 1 rings (SSSR count). The lowest BCUT2D eigenvalue weighted by atomic mass is 9.96. The Bertz CT molecular complexity index is 242. The lowest BCUT2D eigenvalue weighted by Gasteiger charge is -2.22. The minimum Gasteiger partial charge on any atom is -0.479 e. The van der Waals surface area contributed by atoms with Gasteiger partial charge in [0.2, 0.25) is 0 Å². The zero-order valence-electron chi connectivity index (χ0n) is 9.65. The number of carbonyl (C=O) groups is 1. The molecule has 0 radical (unpaired) electrons. The van der Waals surface area contributed by atoms with Crippen LogP contribution >= 0.6 is 0 Å². The second kappa shape index (κ2) is 5.61. The van der Waals surface area contributed by atoms with Gasteiger partial charge < -0.3 is 20.6 Å². The van der Waals surface area contributed by atoms with Gasteiger partial charge in [-0.15, -0.1) is 0 Å². The Hall–Kier alpha value is -0.650. The summed E-state index contributed by atoms with van der Waals surface area (Å²) in [5.41, 5.74) is -1.71. The Labute approximate surface area is 95.5 Å². The van der Waals surface area contributed by atoms with Gasteiger partial charge in [0.25, 0.3) is 0 Å². The first-order chi connectivity index (χ1) is 7.47. The number of carboxylic acid groups (broad SMARTS) is 1. The fourth-order valence-corrected chi connectivity index (χ4v) is 2.20. The zero-order valence-corrected chi connectivity index (χ0v) is 9.65. The van der Waals surface area contributed by atoms with E-state index in [0.29, 0.717) is 18.4 Å². The van der Waals surface area contributed by atoms with Gasteiger partial charge >= 0.3 is 5.97 Å². The molecule has 94 valence electrons. The molecule has 0 aliphatic heterocycles. The van der Waals surface area contributed by atoms with E-state index >= 15 is 0 Å². The third kappa shape index (κ3) is 3.43. The minimum absolute atomic E-state index is 0.0387. The van der Waals surface area contributed by atoms with Gasteiger partial charge in [0.05, 0.1) is 0 Å². The second-order valence-electron chi connectivity index (χ2n) is 4.84. The van der Waals surface area contributed by atoms with Gasteiger partial charge in [0, 0.05) is 13.2 Å². The van der Waals surface area contributed by atoms with Crippen molar-refractivity contribution in [2.45, 2.75) is 31.8 Å². The number of hydrogen-bond donors (Lipinski definition) is 4. The van der Waals surface area contributed by atoms with Crippen molar-refractivity contribution in [3.05, 3.63) is 0 Å². The van der Waals surface area contributed by atoms with E-state index in [1.165, 1.54) is 6.92 Å². The van der Waals surface area contributed by atoms with Crippen LogP contribution < -0.4 is 5.32 Å². The average Bonchev–Trinajstić information content (AvgIpc) is 2.64. The first-order valence-corrected chi connectivity index (χ1v) is 5.74. The highest BCUT2D eigenvalue weighted by Gasteiger charge is 2.31. The number of nitrogens with one attached hydrogen (secondary N) is 1. The lowest BCUT2D eigenvalue weighted by molar-refractivity contribution is -0.156. The fraction of sp³-hybridized carbons (Fsp3) is 0.909. The van der Waals surface area contributed by atoms with Crippen LogP contribution in [0.25, 0.3) is 0 Å². The largest absolute Gasteiger partial charge is 0.479 e. The summed E-state index contributed by atoms with van der Waals surface area (Å²) in [6, 6.07) is 0. The summed E-state index contributed by atoms with van der Waals surface area (Å²) in [4.78, 5) is 10.6. The van der Waals surface area contributed by atoms with Crippen molar-refractivity contribution in [3.8, 4) is 0 Å². The maximum atomic E-state index is 10.6. The molecule has 3 atom stereocenters. The van der Waals surface area contributed by atoms with Crippen LogP contribution in [0.5, 0.6) is 0 Å². The number of aliphatic hydroxyl groups excluding tert-OH is 1. The first-order valence-electron chi connectivity index (χ1n) is 5.74. The lowest BCUT2D eigenvalue weighted by Crippen LogP contribution is -2.46. The van der Waals surface area contributed by atoms with Crippen molar-refractivity contribution in [2.75, 3.05) is 19.7 Å². The standard InChI is InChI=1S/C11H21NO4/c1-11(16,10(14)15)7-12-5-8-3-2-4-9(8)6-13/h8-9,12-13,16H,2-7H2,1H3,(H,14,15). The van der Waals surface area contributed by atoms with Crippen LogP contribution in [0.15, 0.2) is 0 Å². The fourth-order valence-electron chi connectivity index (χ4n) is 2.20. The SMILES string of the molecule is CC(O)(CNCC1CCCC1CO)C(=O)O. The van der Waals surface area contributed by atoms with Gasteiger partial charge in [0.15, 0.2) is 5.60 Å². The molecular formula is C11H21NO4. The van der Waals surface area contributed by atoms with Gasteiger partial charge in [-0.05, 0) is 38.1 Å². The van der Waals surface area contributed by atoms with Crippen LogP contribution in [0.4, 0.5) is 0 Å². The van der Waals surface area contributed by atoms with E-state index in [9.17, 15) is 9.90 Å². The third-order valence-electron chi connectivity index (χ3n) is 3.39. The topological polar surface area (TPSA) is 89.8 Å². The van der Waals surface area contributed by atoms with E-state index in [1.54, 1.807) is 0 Å². The molecule has 3 unspecified atom stereocenters.